The Balaban J connectivity index is 4.03. The van der Waals surface area contributed by atoms with Gasteiger partial charge in [-0.2, -0.15) is 0 Å². The third-order valence-electron chi connectivity index (χ3n) is 6.39. The molecule has 0 amide bonds. The average molecular weight is 367 g/mol. The largest absolute Gasteiger partial charge is 0.0654 e. The van der Waals surface area contributed by atoms with E-state index in [-0.39, 0.29) is 0 Å². The molecule has 2 unspecified atom stereocenters. The summed E-state index contributed by atoms with van der Waals surface area (Å²) in [6.45, 7) is 9.42. The lowest BCUT2D eigenvalue weighted by Crippen LogP contribution is -2.09. The molecule has 0 aliphatic rings. The van der Waals surface area contributed by atoms with Gasteiger partial charge in [-0.25, -0.2) is 0 Å². The van der Waals surface area contributed by atoms with Crippen molar-refractivity contribution in [3.8, 4) is 0 Å². The third kappa shape index (κ3) is 17.4. The second-order valence-electron chi connectivity index (χ2n) is 8.98. The minimum atomic E-state index is 1.01. The van der Waals surface area contributed by atoms with E-state index in [4.69, 9.17) is 0 Å². The first-order valence-corrected chi connectivity index (χ1v) is 12.8. The molecule has 0 nitrogen and oxygen atoms in total. The topological polar surface area (TPSA) is 0 Å². The van der Waals surface area contributed by atoms with E-state index in [1.54, 1.807) is 0 Å². The molecule has 0 saturated heterocycles. The third-order valence-corrected chi connectivity index (χ3v) is 6.39. The summed E-state index contributed by atoms with van der Waals surface area (Å²) < 4.78 is 0. The van der Waals surface area contributed by atoms with Gasteiger partial charge in [-0.05, 0) is 18.3 Å². The van der Waals surface area contributed by atoms with Crippen LogP contribution in [0.15, 0.2) is 0 Å². The fourth-order valence-electron chi connectivity index (χ4n) is 4.45. The quantitative estimate of drug-likeness (QED) is 0.177. The van der Waals surface area contributed by atoms with Gasteiger partial charge in [0.15, 0.2) is 0 Å². The standard InChI is InChI=1S/C26H54/c1-5-9-12-14-16-19-21-25(8-4)24-26(22-18-11-7-3)23-20-17-15-13-10-6-2/h25-26H,5-24H2,1-4H3. The Morgan fingerprint density at radius 3 is 1.19 bits per heavy atom. The van der Waals surface area contributed by atoms with E-state index < -0.39 is 0 Å². The summed E-state index contributed by atoms with van der Waals surface area (Å²) in [5, 5.41) is 0. The monoisotopic (exact) mass is 366 g/mol. The number of hydrogen-bond donors (Lipinski definition) is 0. The van der Waals surface area contributed by atoms with Gasteiger partial charge in [-0.15, -0.1) is 0 Å². The van der Waals surface area contributed by atoms with Crippen molar-refractivity contribution in [3.63, 3.8) is 0 Å². The first-order valence-electron chi connectivity index (χ1n) is 12.8. The molecule has 0 radical (unpaired) electrons. The minimum absolute atomic E-state index is 1.01. The highest BCUT2D eigenvalue weighted by molar-refractivity contribution is 4.67. The summed E-state index contributed by atoms with van der Waals surface area (Å²) in [6, 6.07) is 0. The SMILES string of the molecule is CCCCCCCCC(CC)CC(CCCCC)CCCCCCCC. The zero-order chi connectivity index (χ0) is 19.3. The molecule has 0 fully saturated rings. The van der Waals surface area contributed by atoms with Crippen LogP contribution in [0.1, 0.15) is 156 Å². The van der Waals surface area contributed by atoms with Gasteiger partial charge < -0.3 is 0 Å². The molecule has 26 heavy (non-hydrogen) atoms. The summed E-state index contributed by atoms with van der Waals surface area (Å²) in [5.74, 6) is 2.03. The maximum absolute atomic E-state index is 2.44. The summed E-state index contributed by atoms with van der Waals surface area (Å²) in [7, 11) is 0. The molecule has 0 bridgehead atoms. The van der Waals surface area contributed by atoms with Crippen LogP contribution >= 0.6 is 0 Å². The Bertz CT molecular complexity index is 244. The predicted molar refractivity (Wildman–Crippen MR) is 122 cm³/mol. The van der Waals surface area contributed by atoms with Crippen molar-refractivity contribution in [2.24, 2.45) is 11.8 Å². The van der Waals surface area contributed by atoms with Gasteiger partial charge in [0.1, 0.15) is 0 Å². The Labute approximate surface area is 168 Å². The Kier molecular flexibility index (Phi) is 21.3. The van der Waals surface area contributed by atoms with Crippen molar-refractivity contribution in [3.05, 3.63) is 0 Å². The lowest BCUT2D eigenvalue weighted by atomic mass is 9.83. The van der Waals surface area contributed by atoms with Crippen molar-refractivity contribution >= 4 is 0 Å². The van der Waals surface area contributed by atoms with Crippen LogP contribution in [-0.2, 0) is 0 Å². The van der Waals surface area contributed by atoms with Crippen molar-refractivity contribution in [2.45, 2.75) is 156 Å². The van der Waals surface area contributed by atoms with Gasteiger partial charge in [0, 0.05) is 0 Å². The van der Waals surface area contributed by atoms with Crippen LogP contribution in [0.5, 0.6) is 0 Å². The fourth-order valence-corrected chi connectivity index (χ4v) is 4.45. The van der Waals surface area contributed by atoms with E-state index in [2.05, 4.69) is 27.7 Å². The maximum atomic E-state index is 2.44. The van der Waals surface area contributed by atoms with Crippen molar-refractivity contribution < 1.29 is 0 Å². The first kappa shape index (κ1) is 26.0. The highest BCUT2D eigenvalue weighted by Gasteiger charge is 2.15. The average Bonchev–Trinajstić information content (AvgIpc) is 2.66. The molecule has 0 N–H and O–H groups in total. The maximum Gasteiger partial charge on any atom is -0.0412 e. The Morgan fingerprint density at radius 1 is 0.385 bits per heavy atom. The molecule has 2 atom stereocenters. The van der Waals surface area contributed by atoms with Gasteiger partial charge in [-0.1, -0.05) is 150 Å². The van der Waals surface area contributed by atoms with Gasteiger partial charge in [0.05, 0.1) is 0 Å². The van der Waals surface area contributed by atoms with Crippen LogP contribution in [0.25, 0.3) is 0 Å². The zero-order valence-electron chi connectivity index (χ0n) is 19.3. The van der Waals surface area contributed by atoms with Gasteiger partial charge in [-0.3, -0.25) is 0 Å². The van der Waals surface area contributed by atoms with Crippen molar-refractivity contribution in [1.29, 1.82) is 0 Å². The number of unbranched alkanes of at least 4 members (excludes halogenated alkanes) is 12. The predicted octanol–water partition coefficient (Wildman–Crippen LogP) is 10.1. The minimum Gasteiger partial charge on any atom is -0.0654 e. The first-order chi connectivity index (χ1) is 12.8. The van der Waals surface area contributed by atoms with E-state index in [0.29, 0.717) is 0 Å². The molecule has 158 valence electrons. The molecule has 0 aliphatic carbocycles. The zero-order valence-corrected chi connectivity index (χ0v) is 19.3. The van der Waals surface area contributed by atoms with E-state index in [1.807, 2.05) is 0 Å². The molecule has 0 aliphatic heterocycles. The molecule has 0 aromatic heterocycles. The Morgan fingerprint density at radius 2 is 0.731 bits per heavy atom. The smallest absolute Gasteiger partial charge is 0.0412 e. The molecular formula is C26H54. The van der Waals surface area contributed by atoms with E-state index in [9.17, 15) is 0 Å². The molecule has 0 aromatic rings. The highest BCUT2D eigenvalue weighted by Crippen LogP contribution is 2.29. The van der Waals surface area contributed by atoms with Crippen LogP contribution in [-0.4, -0.2) is 0 Å². The van der Waals surface area contributed by atoms with Crippen LogP contribution in [0.4, 0.5) is 0 Å². The van der Waals surface area contributed by atoms with Crippen molar-refractivity contribution in [1.82, 2.24) is 0 Å². The molecular weight excluding hydrogens is 312 g/mol. The van der Waals surface area contributed by atoms with E-state index in [1.165, 1.54) is 128 Å². The van der Waals surface area contributed by atoms with Gasteiger partial charge in [0.25, 0.3) is 0 Å². The second kappa shape index (κ2) is 21.3. The Hall–Kier alpha value is 0. The molecule has 0 heteroatoms. The van der Waals surface area contributed by atoms with E-state index >= 15 is 0 Å². The highest BCUT2D eigenvalue weighted by atomic mass is 14.2. The molecule has 0 saturated carbocycles. The van der Waals surface area contributed by atoms with Gasteiger partial charge in [0.2, 0.25) is 0 Å². The van der Waals surface area contributed by atoms with Crippen LogP contribution in [0.3, 0.4) is 0 Å². The van der Waals surface area contributed by atoms with E-state index in [0.717, 1.165) is 11.8 Å². The molecule has 0 rings (SSSR count). The molecule has 0 spiro atoms. The lowest BCUT2D eigenvalue weighted by molar-refractivity contribution is 0.294. The fraction of sp³-hybridized carbons (Fsp3) is 1.00. The van der Waals surface area contributed by atoms with Crippen molar-refractivity contribution in [2.75, 3.05) is 0 Å². The number of rotatable bonds is 21. The summed E-state index contributed by atoms with van der Waals surface area (Å²) >= 11 is 0. The van der Waals surface area contributed by atoms with Gasteiger partial charge >= 0.3 is 0 Å². The normalized spacial score (nSPS) is 13.8. The number of hydrogen-bond acceptors (Lipinski definition) is 0. The molecule has 0 heterocycles. The summed E-state index contributed by atoms with van der Waals surface area (Å²) in [5.41, 5.74) is 0. The summed E-state index contributed by atoms with van der Waals surface area (Å²) in [4.78, 5) is 0. The van der Waals surface area contributed by atoms with Crippen LogP contribution < -0.4 is 0 Å². The second-order valence-corrected chi connectivity index (χ2v) is 8.98. The molecule has 0 aromatic carbocycles. The van der Waals surface area contributed by atoms with Crippen LogP contribution in [0.2, 0.25) is 0 Å². The lowest BCUT2D eigenvalue weighted by Gasteiger charge is -2.23. The summed E-state index contributed by atoms with van der Waals surface area (Å²) in [6.07, 6.45) is 29.2. The van der Waals surface area contributed by atoms with Crippen LogP contribution in [0, 0.1) is 11.8 Å².